The summed E-state index contributed by atoms with van der Waals surface area (Å²) in [6, 6.07) is 0. The van der Waals surface area contributed by atoms with Crippen molar-refractivity contribution in [3.8, 4) is 0 Å². The maximum absolute atomic E-state index is 5.77. The van der Waals surface area contributed by atoms with Gasteiger partial charge >= 0.3 is 0 Å². The van der Waals surface area contributed by atoms with Gasteiger partial charge in [-0.2, -0.15) is 0 Å². The van der Waals surface area contributed by atoms with E-state index in [4.69, 9.17) is 14.2 Å². The molecule has 1 rings (SSSR count). The van der Waals surface area contributed by atoms with Crippen molar-refractivity contribution in [1.29, 1.82) is 0 Å². The van der Waals surface area contributed by atoms with E-state index in [9.17, 15) is 0 Å². The normalized spacial score (nSPS) is 31.8. The number of rotatable bonds is 5. The fourth-order valence-electron chi connectivity index (χ4n) is 1.66. The molecule has 0 bridgehead atoms. The molecular weight excluding hydrogens is 192 g/mol. The maximum atomic E-state index is 5.77. The van der Waals surface area contributed by atoms with Gasteiger partial charge in [-0.05, 0) is 34.6 Å². The molecule has 0 aromatic rings. The molecule has 89 valence electrons. The largest absolute Gasteiger partial charge is 0.376 e. The highest BCUT2D eigenvalue weighted by molar-refractivity contribution is 4.96. The first kappa shape index (κ1) is 12.9. The average Bonchev–Trinajstić information content (AvgIpc) is 2.41. The Bertz CT molecular complexity index is 180. The van der Waals surface area contributed by atoms with E-state index in [-0.39, 0.29) is 30.5 Å². The quantitative estimate of drug-likeness (QED) is 0.703. The van der Waals surface area contributed by atoms with E-state index in [1.54, 1.807) is 0 Å². The monoisotopic (exact) mass is 215 g/mol. The number of hydrogen-bond acceptors (Lipinski definition) is 3. The molecule has 0 aliphatic carbocycles. The molecular formula is C12H23O3. The van der Waals surface area contributed by atoms with E-state index in [0.29, 0.717) is 6.61 Å². The second kappa shape index (κ2) is 5.83. The first-order valence-corrected chi connectivity index (χ1v) is 5.76. The van der Waals surface area contributed by atoms with E-state index in [0.717, 1.165) is 0 Å². The van der Waals surface area contributed by atoms with Gasteiger partial charge in [0.15, 0.2) is 0 Å². The maximum Gasteiger partial charge on any atom is 0.108 e. The van der Waals surface area contributed by atoms with Crippen LogP contribution in [-0.2, 0) is 14.2 Å². The van der Waals surface area contributed by atoms with Crippen LogP contribution in [0.4, 0.5) is 0 Å². The second-order valence-corrected chi connectivity index (χ2v) is 4.60. The molecule has 0 amide bonds. The Morgan fingerprint density at radius 3 is 2.40 bits per heavy atom. The third-order valence-corrected chi connectivity index (χ3v) is 2.24. The van der Waals surface area contributed by atoms with Crippen LogP contribution in [0.15, 0.2) is 0 Å². The van der Waals surface area contributed by atoms with Gasteiger partial charge in [-0.1, -0.05) is 0 Å². The van der Waals surface area contributed by atoms with Crippen LogP contribution < -0.4 is 0 Å². The lowest BCUT2D eigenvalue weighted by Gasteiger charge is -2.21. The molecule has 1 radical (unpaired) electrons. The summed E-state index contributed by atoms with van der Waals surface area (Å²) in [5.41, 5.74) is 0. The van der Waals surface area contributed by atoms with Gasteiger partial charge in [0.2, 0.25) is 0 Å². The summed E-state index contributed by atoms with van der Waals surface area (Å²) in [5, 5.41) is 0. The van der Waals surface area contributed by atoms with Gasteiger partial charge in [0, 0.05) is 6.42 Å². The second-order valence-electron chi connectivity index (χ2n) is 4.60. The predicted molar refractivity (Wildman–Crippen MR) is 59.7 cm³/mol. The van der Waals surface area contributed by atoms with Crippen molar-refractivity contribution in [3.63, 3.8) is 0 Å². The lowest BCUT2D eigenvalue weighted by Crippen LogP contribution is -2.32. The van der Waals surface area contributed by atoms with Crippen molar-refractivity contribution in [1.82, 2.24) is 0 Å². The number of ether oxygens (including phenoxy) is 3. The zero-order chi connectivity index (χ0) is 11.4. The Morgan fingerprint density at radius 1 is 1.20 bits per heavy atom. The van der Waals surface area contributed by atoms with Crippen LogP contribution in [0.1, 0.15) is 34.6 Å². The zero-order valence-electron chi connectivity index (χ0n) is 10.4. The molecule has 0 spiro atoms. The molecule has 3 atom stereocenters. The highest BCUT2D eigenvalue weighted by Crippen LogP contribution is 2.23. The summed E-state index contributed by atoms with van der Waals surface area (Å²) in [6.07, 6.45) is 2.85. The van der Waals surface area contributed by atoms with E-state index in [2.05, 4.69) is 6.42 Å². The summed E-state index contributed by atoms with van der Waals surface area (Å²) in [6.45, 7) is 10.8. The van der Waals surface area contributed by atoms with Crippen LogP contribution >= 0.6 is 0 Å². The third kappa shape index (κ3) is 4.49. The molecule has 1 heterocycles. The molecule has 1 saturated heterocycles. The van der Waals surface area contributed by atoms with Gasteiger partial charge in [0.05, 0.1) is 31.0 Å². The van der Waals surface area contributed by atoms with Gasteiger partial charge in [-0.15, -0.1) is 0 Å². The topological polar surface area (TPSA) is 27.7 Å². The van der Waals surface area contributed by atoms with Crippen molar-refractivity contribution in [2.24, 2.45) is 0 Å². The van der Waals surface area contributed by atoms with Crippen molar-refractivity contribution in [2.45, 2.75) is 65.1 Å². The molecule has 1 aliphatic heterocycles. The Balaban J connectivity index is 2.38. The van der Waals surface area contributed by atoms with Crippen LogP contribution in [0.25, 0.3) is 0 Å². The Morgan fingerprint density at radius 2 is 1.87 bits per heavy atom. The Hall–Kier alpha value is -0.120. The summed E-state index contributed by atoms with van der Waals surface area (Å²) < 4.78 is 17.0. The molecule has 0 N–H and O–H groups in total. The van der Waals surface area contributed by atoms with Crippen LogP contribution in [0.3, 0.4) is 0 Å². The molecule has 0 aromatic heterocycles. The molecule has 0 saturated carbocycles. The van der Waals surface area contributed by atoms with Crippen LogP contribution in [0, 0.1) is 6.42 Å². The molecule has 15 heavy (non-hydrogen) atoms. The minimum absolute atomic E-state index is 0.0461. The fourth-order valence-corrected chi connectivity index (χ4v) is 1.66. The van der Waals surface area contributed by atoms with Crippen LogP contribution in [-0.4, -0.2) is 37.1 Å². The molecule has 1 fully saturated rings. The van der Waals surface area contributed by atoms with E-state index < -0.39 is 0 Å². The molecule has 3 nitrogen and oxygen atoms in total. The number of hydrogen-bond donors (Lipinski definition) is 0. The van der Waals surface area contributed by atoms with Crippen LogP contribution in [0.2, 0.25) is 0 Å². The molecule has 0 aromatic carbocycles. The first-order valence-electron chi connectivity index (χ1n) is 5.76. The summed E-state index contributed by atoms with van der Waals surface area (Å²) in [5.74, 6) is 0. The highest BCUT2D eigenvalue weighted by Gasteiger charge is 2.34. The summed E-state index contributed by atoms with van der Waals surface area (Å²) in [4.78, 5) is 0. The minimum atomic E-state index is 0.0461. The van der Waals surface area contributed by atoms with Gasteiger partial charge in [0.1, 0.15) is 6.10 Å². The van der Waals surface area contributed by atoms with Gasteiger partial charge in [-0.25, -0.2) is 0 Å². The van der Waals surface area contributed by atoms with Gasteiger partial charge in [0.25, 0.3) is 0 Å². The Kier molecular flexibility index (Phi) is 5.03. The lowest BCUT2D eigenvalue weighted by molar-refractivity contribution is -0.0836. The smallest absolute Gasteiger partial charge is 0.108 e. The van der Waals surface area contributed by atoms with Crippen molar-refractivity contribution in [3.05, 3.63) is 6.42 Å². The van der Waals surface area contributed by atoms with E-state index in [1.807, 2.05) is 34.6 Å². The summed E-state index contributed by atoms with van der Waals surface area (Å²) in [7, 11) is 0. The van der Waals surface area contributed by atoms with E-state index in [1.165, 1.54) is 0 Å². The molecule has 1 unspecified atom stereocenters. The van der Waals surface area contributed by atoms with Crippen LogP contribution in [0.5, 0.6) is 0 Å². The third-order valence-electron chi connectivity index (χ3n) is 2.24. The Labute approximate surface area is 93.1 Å². The standard InChI is InChI=1S/C12H23O3/c1-8(2)13-7-12-11(14-9(3)4)6-10(5)15-12/h6,8-12H,7H2,1-5H3/t10-,11?,12+/m0/s1. The lowest BCUT2D eigenvalue weighted by atomic mass is 10.1. The van der Waals surface area contributed by atoms with Gasteiger partial charge in [-0.3, -0.25) is 0 Å². The minimum Gasteiger partial charge on any atom is -0.376 e. The average molecular weight is 215 g/mol. The molecule has 1 aliphatic rings. The van der Waals surface area contributed by atoms with Crippen molar-refractivity contribution < 1.29 is 14.2 Å². The van der Waals surface area contributed by atoms with E-state index >= 15 is 0 Å². The van der Waals surface area contributed by atoms with Crippen molar-refractivity contribution >= 4 is 0 Å². The van der Waals surface area contributed by atoms with Crippen molar-refractivity contribution in [2.75, 3.05) is 6.61 Å². The fraction of sp³-hybridized carbons (Fsp3) is 0.917. The molecule has 3 heteroatoms. The summed E-state index contributed by atoms with van der Waals surface area (Å²) >= 11 is 0. The SMILES string of the molecule is CC(C)OC[C@H]1O[C@@H](C)[CH]C1OC(C)C. The highest BCUT2D eigenvalue weighted by atomic mass is 16.6. The zero-order valence-corrected chi connectivity index (χ0v) is 10.4. The first-order chi connectivity index (χ1) is 6.99. The predicted octanol–water partition coefficient (Wildman–Crippen LogP) is 2.20. The van der Waals surface area contributed by atoms with Gasteiger partial charge < -0.3 is 14.2 Å².